The molecule has 0 aromatic carbocycles. The van der Waals surface area contributed by atoms with E-state index >= 15 is 0 Å². The van der Waals surface area contributed by atoms with Crippen molar-refractivity contribution < 1.29 is 9.53 Å². The Hall–Kier alpha value is -4.54. The van der Waals surface area contributed by atoms with Gasteiger partial charge in [-0.05, 0) is 95.5 Å². The predicted octanol–water partition coefficient (Wildman–Crippen LogP) is 5.60. The third kappa shape index (κ3) is 6.15. The zero-order valence-electron chi connectivity index (χ0n) is 28.9. The summed E-state index contributed by atoms with van der Waals surface area (Å²) >= 11 is 0. The first-order chi connectivity index (χ1) is 22.1. The maximum absolute atomic E-state index is 14.3. The van der Waals surface area contributed by atoms with Gasteiger partial charge >= 0.3 is 11.8 Å². The van der Waals surface area contributed by atoms with E-state index in [1.807, 2.05) is 59.9 Å². The topological polar surface area (TPSA) is 115 Å². The van der Waals surface area contributed by atoms with E-state index in [4.69, 9.17) is 19.7 Å². The molecule has 1 aliphatic heterocycles. The maximum Gasteiger partial charge on any atom is 0.410 e. The SMILES string of the molecule is Cc1ccnc(C(C)C)c1-n1c(=O)nc(N2CCN(C(=O)OC(C)(C)C)CC2C)c2cc(C3CC3)c(-c3cc(C)c(=O)n(C)c3)nc21. The Morgan fingerprint density at radius 1 is 1.04 bits per heavy atom. The molecule has 47 heavy (non-hydrogen) atoms. The Labute approximate surface area is 275 Å². The molecule has 2 aliphatic rings. The van der Waals surface area contributed by atoms with Crippen molar-refractivity contribution >= 4 is 22.9 Å². The average Bonchev–Trinajstić information content (AvgIpc) is 3.84. The van der Waals surface area contributed by atoms with E-state index in [0.29, 0.717) is 48.3 Å². The second-order valence-corrected chi connectivity index (χ2v) is 14.4. The molecular weight excluding hydrogens is 594 g/mol. The molecule has 1 unspecified atom stereocenters. The van der Waals surface area contributed by atoms with Crippen LogP contribution in [0.5, 0.6) is 0 Å². The van der Waals surface area contributed by atoms with E-state index in [1.54, 1.807) is 27.3 Å². The van der Waals surface area contributed by atoms with Crippen molar-refractivity contribution in [1.82, 2.24) is 29.0 Å². The Morgan fingerprint density at radius 2 is 1.77 bits per heavy atom. The number of fused-ring (bicyclic) bond motifs is 1. The van der Waals surface area contributed by atoms with Crippen LogP contribution >= 0.6 is 0 Å². The fraction of sp³-hybridized carbons (Fsp3) is 0.500. The summed E-state index contributed by atoms with van der Waals surface area (Å²) in [4.78, 5) is 58.5. The fourth-order valence-electron chi connectivity index (χ4n) is 6.56. The number of hydrogen-bond acceptors (Lipinski definition) is 8. The third-order valence-electron chi connectivity index (χ3n) is 9.01. The molecule has 0 bridgehead atoms. The van der Waals surface area contributed by atoms with Crippen LogP contribution in [0.2, 0.25) is 0 Å². The molecule has 11 nitrogen and oxygen atoms in total. The van der Waals surface area contributed by atoms with Gasteiger partial charge < -0.3 is 19.1 Å². The lowest BCUT2D eigenvalue weighted by Gasteiger charge is -2.41. The summed E-state index contributed by atoms with van der Waals surface area (Å²) in [5, 5.41) is 0.771. The third-order valence-corrected chi connectivity index (χ3v) is 9.01. The van der Waals surface area contributed by atoms with Crippen molar-refractivity contribution in [3.05, 3.63) is 73.8 Å². The van der Waals surface area contributed by atoms with E-state index in [1.165, 1.54) is 0 Å². The lowest BCUT2D eigenvalue weighted by atomic mass is 10.00. The number of piperazine rings is 1. The van der Waals surface area contributed by atoms with Gasteiger partial charge in [-0.25, -0.2) is 19.1 Å². The molecule has 1 saturated carbocycles. The van der Waals surface area contributed by atoms with Crippen molar-refractivity contribution in [3.8, 4) is 16.9 Å². The number of pyridine rings is 3. The number of amides is 1. The molecule has 4 aromatic rings. The number of carbonyl (C=O) groups is 1. The van der Waals surface area contributed by atoms with Crippen LogP contribution in [0.3, 0.4) is 0 Å². The number of nitrogens with zero attached hydrogens (tertiary/aromatic N) is 7. The van der Waals surface area contributed by atoms with Gasteiger partial charge in [-0.15, -0.1) is 0 Å². The van der Waals surface area contributed by atoms with Gasteiger partial charge in [0, 0.05) is 56.2 Å². The van der Waals surface area contributed by atoms with Crippen LogP contribution in [-0.4, -0.2) is 66.4 Å². The smallest absolute Gasteiger partial charge is 0.410 e. The quantitative estimate of drug-likeness (QED) is 0.277. The molecule has 1 atom stereocenters. The van der Waals surface area contributed by atoms with Gasteiger partial charge in [0.05, 0.1) is 22.5 Å². The molecule has 1 aliphatic carbocycles. The molecule has 248 valence electrons. The number of anilines is 1. The maximum atomic E-state index is 14.3. The number of carbonyl (C=O) groups excluding carboxylic acids is 1. The summed E-state index contributed by atoms with van der Waals surface area (Å²) in [6.45, 7) is 16.9. The second-order valence-electron chi connectivity index (χ2n) is 14.4. The van der Waals surface area contributed by atoms with E-state index in [9.17, 15) is 14.4 Å². The molecule has 1 amide bonds. The molecule has 11 heteroatoms. The van der Waals surface area contributed by atoms with Crippen molar-refractivity contribution in [1.29, 1.82) is 0 Å². The Kier molecular flexibility index (Phi) is 8.22. The number of hydrogen-bond donors (Lipinski definition) is 0. The molecule has 6 rings (SSSR count). The van der Waals surface area contributed by atoms with Crippen molar-refractivity contribution in [2.24, 2.45) is 7.05 Å². The Bertz CT molecular complexity index is 1980. The van der Waals surface area contributed by atoms with Crippen LogP contribution in [0.15, 0.2) is 40.2 Å². The summed E-state index contributed by atoms with van der Waals surface area (Å²) < 4.78 is 8.86. The van der Waals surface area contributed by atoms with E-state index in [0.717, 1.165) is 46.3 Å². The van der Waals surface area contributed by atoms with Gasteiger partial charge in [0.2, 0.25) is 0 Å². The average molecular weight is 640 g/mol. The first-order valence-electron chi connectivity index (χ1n) is 16.5. The molecule has 5 heterocycles. The lowest BCUT2D eigenvalue weighted by Crippen LogP contribution is -2.55. The predicted molar refractivity (Wildman–Crippen MR) is 184 cm³/mol. The first-order valence-corrected chi connectivity index (χ1v) is 16.5. The zero-order chi connectivity index (χ0) is 33.9. The lowest BCUT2D eigenvalue weighted by molar-refractivity contribution is 0.0218. The van der Waals surface area contributed by atoms with Gasteiger partial charge in [-0.3, -0.25) is 9.78 Å². The largest absolute Gasteiger partial charge is 0.444 e. The minimum Gasteiger partial charge on any atom is -0.444 e. The number of rotatable bonds is 5. The highest BCUT2D eigenvalue weighted by Crippen LogP contribution is 2.46. The molecule has 0 spiro atoms. The van der Waals surface area contributed by atoms with Crippen LogP contribution in [0.1, 0.15) is 88.6 Å². The van der Waals surface area contributed by atoms with Gasteiger partial charge in [0.25, 0.3) is 5.56 Å². The number of aromatic nitrogens is 5. The molecule has 0 N–H and O–H groups in total. The van der Waals surface area contributed by atoms with Gasteiger partial charge in [-0.1, -0.05) is 13.8 Å². The van der Waals surface area contributed by atoms with Crippen LogP contribution in [0, 0.1) is 13.8 Å². The number of ether oxygens (including phenoxy) is 1. The standard InChI is InChI=1S/C36H45N7O4/c1-20(2)28-30(21(3)12-13-37-28)43-32-27(17-26(24-10-11-24)29(38-32)25-16-22(4)33(44)40(9)19-25)31(39-34(43)45)42-15-14-41(18-23(42)5)35(46)47-36(6,7)8/h12-13,16-17,19-20,23-24H,10-11,14-15,18H2,1-9H3. The summed E-state index contributed by atoms with van der Waals surface area (Å²) in [5.41, 5.74) is 5.07. The highest BCUT2D eigenvalue weighted by atomic mass is 16.6. The molecule has 1 saturated heterocycles. The van der Waals surface area contributed by atoms with E-state index in [-0.39, 0.29) is 23.6 Å². The molecular formula is C36H45N7O4. The van der Waals surface area contributed by atoms with Crippen LogP contribution in [-0.2, 0) is 11.8 Å². The summed E-state index contributed by atoms with van der Waals surface area (Å²) in [7, 11) is 1.75. The highest BCUT2D eigenvalue weighted by Gasteiger charge is 2.34. The summed E-state index contributed by atoms with van der Waals surface area (Å²) in [5.74, 6) is 0.923. The van der Waals surface area contributed by atoms with Gasteiger partial charge in [-0.2, -0.15) is 4.98 Å². The molecule has 4 aromatic heterocycles. The van der Waals surface area contributed by atoms with Crippen molar-refractivity contribution in [2.45, 2.75) is 91.7 Å². The van der Waals surface area contributed by atoms with Crippen LogP contribution in [0.4, 0.5) is 10.6 Å². The Morgan fingerprint density at radius 3 is 2.38 bits per heavy atom. The van der Waals surface area contributed by atoms with Gasteiger partial charge in [0.1, 0.15) is 11.4 Å². The number of aryl methyl sites for hydroxylation is 3. The first kappa shape index (κ1) is 32.4. The summed E-state index contributed by atoms with van der Waals surface area (Å²) in [6, 6.07) is 5.81. The van der Waals surface area contributed by atoms with Crippen molar-refractivity contribution in [2.75, 3.05) is 24.5 Å². The van der Waals surface area contributed by atoms with Crippen LogP contribution < -0.4 is 16.1 Å². The van der Waals surface area contributed by atoms with Crippen molar-refractivity contribution in [3.63, 3.8) is 0 Å². The van der Waals surface area contributed by atoms with Gasteiger partial charge in [0.15, 0.2) is 5.65 Å². The molecule has 2 fully saturated rings. The second kappa shape index (κ2) is 11.9. The monoisotopic (exact) mass is 639 g/mol. The molecule has 0 radical (unpaired) electrons. The van der Waals surface area contributed by atoms with Crippen LogP contribution in [0.25, 0.3) is 28.0 Å². The minimum atomic E-state index is -0.592. The fourth-order valence-corrected chi connectivity index (χ4v) is 6.56. The Balaban J connectivity index is 1.60. The highest BCUT2D eigenvalue weighted by molar-refractivity contribution is 5.92. The minimum absolute atomic E-state index is 0.0454. The van der Waals surface area contributed by atoms with E-state index in [2.05, 4.69) is 24.8 Å². The van der Waals surface area contributed by atoms with E-state index < -0.39 is 11.3 Å². The summed E-state index contributed by atoms with van der Waals surface area (Å²) in [6.07, 6.45) is 5.33. The normalized spacial score (nSPS) is 17.1. The zero-order valence-corrected chi connectivity index (χ0v) is 28.9.